The summed E-state index contributed by atoms with van der Waals surface area (Å²) in [5.74, 6) is -1.16. The van der Waals surface area contributed by atoms with Crippen LogP contribution in [0.1, 0.15) is 12.8 Å². The molecule has 0 bridgehead atoms. The molecule has 0 fully saturated rings. The summed E-state index contributed by atoms with van der Waals surface area (Å²) >= 11 is 0. The summed E-state index contributed by atoms with van der Waals surface area (Å²) in [6.45, 7) is 0.999. The second-order valence-electron chi connectivity index (χ2n) is 7.20. The van der Waals surface area contributed by atoms with Gasteiger partial charge in [0.1, 0.15) is 12.1 Å². The Labute approximate surface area is 206 Å². The van der Waals surface area contributed by atoms with Crippen molar-refractivity contribution in [1.82, 2.24) is 19.8 Å². The molecular weight excluding hydrogens is 480 g/mol. The Bertz CT molecular complexity index is 830. The smallest absolute Gasteiger partial charge is 0.329 e. The van der Waals surface area contributed by atoms with Gasteiger partial charge in [0.25, 0.3) is 0 Å². The number of carbonyl (C=O) groups excluding carboxylic acids is 4. The van der Waals surface area contributed by atoms with E-state index in [1.165, 1.54) is 35.8 Å². The van der Waals surface area contributed by atoms with E-state index in [0.29, 0.717) is 13.1 Å². The van der Waals surface area contributed by atoms with Gasteiger partial charge < -0.3 is 29.2 Å². The molecule has 34 heavy (non-hydrogen) atoms. The van der Waals surface area contributed by atoms with Crippen molar-refractivity contribution < 1.29 is 28.7 Å². The molecule has 0 aromatic carbocycles. The van der Waals surface area contributed by atoms with Gasteiger partial charge in [-0.25, -0.2) is 9.59 Å². The lowest BCUT2D eigenvalue weighted by Gasteiger charge is -2.18. The van der Waals surface area contributed by atoms with Crippen molar-refractivity contribution in [3.05, 3.63) is 49.1 Å². The summed E-state index contributed by atoms with van der Waals surface area (Å²) in [6, 6.07) is 5.83. The number of aromatic nitrogens is 2. The first kappa shape index (κ1) is 27.4. The van der Waals surface area contributed by atoms with Crippen molar-refractivity contribution in [2.24, 2.45) is 0 Å². The van der Waals surface area contributed by atoms with Crippen LogP contribution < -0.4 is 10.6 Å². The molecule has 2 heterocycles. The van der Waals surface area contributed by atoms with Crippen LogP contribution in [0.25, 0.3) is 0 Å². The van der Waals surface area contributed by atoms with Crippen LogP contribution in [0, 0.1) is 0 Å². The standard InChI is InChI=1S/C22H30N4O6S2/c1-31-21(29)17(23-19(27)7-13-25-9-3-4-10-25)15-33-34-16-18(22(30)32-2)24-20(28)8-14-26-11-5-6-12-26/h3-6,9-12,17-18H,7-8,13-16H2,1-2H3,(H,23,27)(H,24,28)/t17-,18?/m0/s1. The molecule has 2 rings (SSSR count). The lowest BCUT2D eigenvalue weighted by atomic mass is 10.3. The number of hydrogen-bond donors (Lipinski definition) is 2. The number of nitrogens with one attached hydrogen (secondary N) is 2. The van der Waals surface area contributed by atoms with Crippen molar-refractivity contribution in [3.8, 4) is 0 Å². The van der Waals surface area contributed by atoms with Crippen LogP contribution in [0.5, 0.6) is 0 Å². The van der Waals surface area contributed by atoms with Gasteiger partial charge in [-0.3, -0.25) is 9.59 Å². The number of amides is 2. The van der Waals surface area contributed by atoms with Gasteiger partial charge in [-0.1, -0.05) is 21.6 Å². The number of aryl methyl sites for hydroxylation is 2. The van der Waals surface area contributed by atoms with Gasteiger partial charge in [0.2, 0.25) is 11.8 Å². The van der Waals surface area contributed by atoms with E-state index in [0.717, 1.165) is 0 Å². The molecule has 2 N–H and O–H groups in total. The van der Waals surface area contributed by atoms with Crippen LogP contribution in [-0.2, 0) is 41.7 Å². The molecule has 2 aromatic rings. The first-order valence-electron chi connectivity index (χ1n) is 10.6. The molecule has 10 nitrogen and oxygen atoms in total. The van der Waals surface area contributed by atoms with E-state index in [-0.39, 0.29) is 36.2 Å². The zero-order valence-corrected chi connectivity index (χ0v) is 20.8. The third kappa shape index (κ3) is 9.96. The van der Waals surface area contributed by atoms with Gasteiger partial charge in [-0.05, 0) is 24.3 Å². The molecular formula is C22H30N4O6S2. The molecule has 0 saturated carbocycles. The minimum Gasteiger partial charge on any atom is -0.467 e. The molecule has 2 amide bonds. The van der Waals surface area contributed by atoms with Gasteiger partial charge in [0, 0.05) is 62.2 Å². The summed E-state index contributed by atoms with van der Waals surface area (Å²) in [5.41, 5.74) is 0. The monoisotopic (exact) mass is 510 g/mol. The Morgan fingerprint density at radius 3 is 1.38 bits per heavy atom. The van der Waals surface area contributed by atoms with E-state index in [1.807, 2.05) is 58.2 Å². The maximum Gasteiger partial charge on any atom is 0.329 e. The largest absolute Gasteiger partial charge is 0.467 e. The fourth-order valence-corrected chi connectivity index (χ4v) is 5.18. The van der Waals surface area contributed by atoms with Gasteiger partial charge in [0.05, 0.1) is 14.2 Å². The Kier molecular flexibility index (Phi) is 12.2. The maximum atomic E-state index is 12.2. The third-order valence-corrected chi connectivity index (χ3v) is 7.14. The van der Waals surface area contributed by atoms with Crippen molar-refractivity contribution in [3.63, 3.8) is 0 Å². The first-order valence-corrected chi connectivity index (χ1v) is 13.1. The van der Waals surface area contributed by atoms with E-state index < -0.39 is 24.0 Å². The number of ether oxygens (including phenoxy) is 2. The quantitative estimate of drug-likeness (QED) is 0.210. The minimum atomic E-state index is -0.826. The van der Waals surface area contributed by atoms with Crippen molar-refractivity contribution in [2.75, 3.05) is 25.7 Å². The van der Waals surface area contributed by atoms with Gasteiger partial charge in [0.15, 0.2) is 0 Å². The van der Waals surface area contributed by atoms with E-state index in [2.05, 4.69) is 10.6 Å². The van der Waals surface area contributed by atoms with Crippen molar-refractivity contribution in [2.45, 2.75) is 38.0 Å². The third-order valence-electron chi connectivity index (χ3n) is 4.72. The lowest BCUT2D eigenvalue weighted by Crippen LogP contribution is -2.44. The van der Waals surface area contributed by atoms with E-state index in [9.17, 15) is 19.2 Å². The van der Waals surface area contributed by atoms with Crippen LogP contribution in [0.2, 0.25) is 0 Å². The average molecular weight is 511 g/mol. The molecule has 0 saturated heterocycles. The SMILES string of the molecule is COC(=O)C(CSSC[C@H](NC(=O)CCn1cccc1)C(=O)OC)NC(=O)CCn1cccc1. The molecule has 2 atom stereocenters. The Morgan fingerprint density at radius 1 is 0.706 bits per heavy atom. The maximum absolute atomic E-state index is 12.2. The van der Waals surface area contributed by atoms with Crippen LogP contribution in [-0.4, -0.2) is 70.7 Å². The molecule has 0 spiro atoms. The number of hydrogen-bond acceptors (Lipinski definition) is 8. The highest BCUT2D eigenvalue weighted by Gasteiger charge is 2.24. The summed E-state index contributed by atoms with van der Waals surface area (Å²) in [5, 5.41) is 5.38. The van der Waals surface area contributed by atoms with Crippen LogP contribution in [0.4, 0.5) is 0 Å². The number of methoxy groups -OCH3 is 2. The first-order chi connectivity index (χ1) is 16.4. The minimum absolute atomic E-state index is 0.222. The fraction of sp³-hybridized carbons (Fsp3) is 0.455. The topological polar surface area (TPSA) is 121 Å². The molecule has 2 aromatic heterocycles. The van der Waals surface area contributed by atoms with Crippen LogP contribution in [0.3, 0.4) is 0 Å². The zero-order valence-electron chi connectivity index (χ0n) is 19.2. The van der Waals surface area contributed by atoms with Crippen LogP contribution in [0.15, 0.2) is 49.1 Å². The predicted molar refractivity (Wildman–Crippen MR) is 131 cm³/mol. The molecule has 0 aliphatic heterocycles. The molecule has 0 aliphatic carbocycles. The van der Waals surface area contributed by atoms with Gasteiger partial charge in [-0.2, -0.15) is 0 Å². The molecule has 0 radical (unpaired) electrons. The van der Waals surface area contributed by atoms with E-state index in [4.69, 9.17) is 9.47 Å². The highest BCUT2D eigenvalue weighted by Crippen LogP contribution is 2.23. The number of esters is 2. The number of rotatable bonds is 15. The second kappa shape index (κ2) is 15.1. The van der Waals surface area contributed by atoms with E-state index >= 15 is 0 Å². The number of carbonyl (C=O) groups is 4. The second-order valence-corrected chi connectivity index (χ2v) is 9.75. The summed E-state index contributed by atoms with van der Waals surface area (Å²) in [6.07, 6.45) is 7.87. The summed E-state index contributed by atoms with van der Waals surface area (Å²) < 4.78 is 13.3. The van der Waals surface area contributed by atoms with Crippen molar-refractivity contribution >= 4 is 45.3 Å². The van der Waals surface area contributed by atoms with E-state index in [1.54, 1.807) is 0 Å². The van der Waals surface area contributed by atoms with Crippen molar-refractivity contribution in [1.29, 1.82) is 0 Å². The Hall–Kier alpha value is -2.86. The van der Waals surface area contributed by atoms with Crippen LogP contribution >= 0.6 is 21.6 Å². The molecule has 186 valence electrons. The number of nitrogens with zero attached hydrogens (tertiary/aromatic N) is 2. The predicted octanol–water partition coefficient (Wildman–Crippen LogP) is 1.47. The summed E-state index contributed by atoms with van der Waals surface area (Å²) in [7, 11) is 5.10. The fourth-order valence-electron chi connectivity index (χ4n) is 2.89. The molecule has 1 unspecified atom stereocenters. The molecule has 12 heteroatoms. The molecule has 0 aliphatic rings. The Morgan fingerprint density at radius 2 is 1.06 bits per heavy atom. The average Bonchev–Trinajstić information content (AvgIpc) is 3.55. The zero-order chi connectivity index (χ0) is 24.8. The Balaban J connectivity index is 1.77. The highest BCUT2D eigenvalue weighted by atomic mass is 33.1. The highest BCUT2D eigenvalue weighted by molar-refractivity contribution is 8.76. The van der Waals surface area contributed by atoms with Gasteiger partial charge >= 0.3 is 11.9 Å². The summed E-state index contributed by atoms with van der Waals surface area (Å²) in [4.78, 5) is 48.7. The lowest BCUT2D eigenvalue weighted by molar-refractivity contribution is -0.144. The normalized spacial score (nSPS) is 12.4. The van der Waals surface area contributed by atoms with Gasteiger partial charge in [-0.15, -0.1) is 0 Å².